The van der Waals surface area contributed by atoms with E-state index in [0.29, 0.717) is 18.4 Å². The molecule has 2 heterocycles. The number of aryl methyl sites for hydroxylation is 1. The number of benzene rings is 2. The van der Waals surface area contributed by atoms with Gasteiger partial charge in [-0.2, -0.15) is 0 Å². The van der Waals surface area contributed by atoms with E-state index in [4.69, 9.17) is 11.6 Å². The van der Waals surface area contributed by atoms with Gasteiger partial charge in [-0.15, -0.1) is 0 Å². The van der Waals surface area contributed by atoms with Crippen LogP contribution in [0.2, 0.25) is 5.02 Å². The highest BCUT2D eigenvalue weighted by Gasteiger charge is 2.24. The molecule has 1 saturated heterocycles. The van der Waals surface area contributed by atoms with E-state index in [1.165, 1.54) is 5.56 Å². The average Bonchev–Trinajstić information content (AvgIpc) is 3.09. The molecule has 4 heteroatoms. The maximum Gasteiger partial charge on any atom is 0.165 e. The lowest BCUT2D eigenvalue weighted by atomic mass is 9.89. The fourth-order valence-electron chi connectivity index (χ4n) is 4.64. The Morgan fingerprint density at radius 1 is 1.14 bits per heavy atom. The van der Waals surface area contributed by atoms with E-state index in [0.717, 1.165) is 53.8 Å². The minimum Gasteiger partial charge on any atom is -0.350 e. The third-order valence-electron chi connectivity index (χ3n) is 6.50. The Hall–Kier alpha value is -2.10. The molecule has 3 aromatic rings. The molecule has 1 fully saturated rings. The number of hydrogen-bond acceptors (Lipinski definition) is 2. The Bertz CT molecular complexity index is 1000. The summed E-state index contributed by atoms with van der Waals surface area (Å²) in [6, 6.07) is 16.7. The number of hydrogen-bond donors (Lipinski definition) is 0. The van der Waals surface area contributed by atoms with Crippen LogP contribution < -0.4 is 0 Å². The first-order valence-corrected chi connectivity index (χ1v) is 11.0. The second-order valence-corrected chi connectivity index (χ2v) is 8.78. The smallest absolute Gasteiger partial charge is 0.165 e. The fraction of sp³-hybridized carbons (Fsp3) is 0.400. The third kappa shape index (κ3) is 4.41. The van der Waals surface area contributed by atoms with Gasteiger partial charge in [0.1, 0.15) is 0 Å². The molecule has 1 aliphatic rings. The topological polar surface area (TPSA) is 25.2 Å². The highest BCUT2D eigenvalue weighted by atomic mass is 35.5. The van der Waals surface area contributed by atoms with Crippen LogP contribution >= 0.6 is 11.6 Å². The van der Waals surface area contributed by atoms with E-state index in [1.807, 2.05) is 37.5 Å². The third-order valence-corrected chi connectivity index (χ3v) is 6.74. The summed E-state index contributed by atoms with van der Waals surface area (Å²) in [6.45, 7) is 4.43. The predicted molar refractivity (Wildman–Crippen MR) is 121 cm³/mol. The van der Waals surface area contributed by atoms with Crippen LogP contribution in [0.15, 0.2) is 54.7 Å². The standard InChI is InChI=1S/C25H29ClN2O/c1-18(20-6-5-7-21(26)16-20)28-14-12-19(13-15-28)10-11-25(29)23-17-27(2)24-9-4-3-8-22(23)24/h3-9,16-19H,10-15H2,1-2H3. The summed E-state index contributed by atoms with van der Waals surface area (Å²) < 4.78 is 2.05. The molecule has 2 aromatic carbocycles. The second-order valence-electron chi connectivity index (χ2n) is 8.34. The summed E-state index contributed by atoms with van der Waals surface area (Å²) in [4.78, 5) is 15.4. The van der Waals surface area contributed by atoms with Crippen molar-refractivity contribution in [3.63, 3.8) is 0 Å². The van der Waals surface area contributed by atoms with Crippen LogP contribution in [0.4, 0.5) is 0 Å². The molecule has 0 N–H and O–H groups in total. The molecule has 3 nitrogen and oxygen atoms in total. The van der Waals surface area contributed by atoms with Gasteiger partial charge in [-0.1, -0.05) is 41.9 Å². The van der Waals surface area contributed by atoms with Crippen molar-refractivity contribution < 1.29 is 4.79 Å². The van der Waals surface area contributed by atoms with Crippen molar-refractivity contribution in [2.75, 3.05) is 13.1 Å². The molecule has 152 valence electrons. The number of halogens is 1. The minimum absolute atomic E-state index is 0.275. The first kappa shape index (κ1) is 20.2. The van der Waals surface area contributed by atoms with Crippen LogP contribution in [0.25, 0.3) is 10.9 Å². The zero-order valence-corrected chi connectivity index (χ0v) is 18.0. The van der Waals surface area contributed by atoms with Crippen molar-refractivity contribution in [2.45, 2.75) is 38.6 Å². The first-order chi connectivity index (χ1) is 14.0. The molecular weight excluding hydrogens is 380 g/mol. The summed E-state index contributed by atoms with van der Waals surface area (Å²) in [5, 5.41) is 1.88. The Morgan fingerprint density at radius 3 is 2.66 bits per heavy atom. The number of piperidine rings is 1. The van der Waals surface area contributed by atoms with E-state index in [1.54, 1.807) is 0 Å². The number of carbonyl (C=O) groups excluding carboxylic acids is 1. The second kappa shape index (κ2) is 8.73. The maximum absolute atomic E-state index is 12.9. The van der Waals surface area contributed by atoms with Gasteiger partial charge in [-0.05, 0) is 69.0 Å². The minimum atomic E-state index is 0.275. The molecule has 1 aromatic heterocycles. The van der Waals surface area contributed by atoms with Crippen molar-refractivity contribution in [2.24, 2.45) is 13.0 Å². The van der Waals surface area contributed by atoms with E-state index in [-0.39, 0.29) is 5.78 Å². The molecule has 0 bridgehead atoms. The van der Waals surface area contributed by atoms with E-state index < -0.39 is 0 Å². The molecule has 0 spiro atoms. The van der Waals surface area contributed by atoms with Gasteiger partial charge in [0, 0.05) is 47.2 Å². The molecule has 0 aliphatic carbocycles. The first-order valence-electron chi connectivity index (χ1n) is 10.6. The highest BCUT2D eigenvalue weighted by molar-refractivity contribution is 6.30. The largest absolute Gasteiger partial charge is 0.350 e. The van der Waals surface area contributed by atoms with Crippen LogP contribution in [0, 0.1) is 5.92 Å². The molecule has 29 heavy (non-hydrogen) atoms. The number of para-hydroxylation sites is 1. The molecule has 1 aliphatic heterocycles. The van der Waals surface area contributed by atoms with Gasteiger partial charge in [0.2, 0.25) is 0 Å². The van der Waals surface area contributed by atoms with E-state index in [9.17, 15) is 4.79 Å². The fourth-order valence-corrected chi connectivity index (χ4v) is 4.84. The van der Waals surface area contributed by atoms with Crippen LogP contribution in [0.1, 0.15) is 54.6 Å². The van der Waals surface area contributed by atoms with Crippen LogP contribution in [-0.2, 0) is 7.05 Å². The van der Waals surface area contributed by atoms with Gasteiger partial charge in [0.05, 0.1) is 0 Å². The SMILES string of the molecule is CC(c1cccc(Cl)c1)N1CCC(CCC(=O)c2cn(C)c3ccccc23)CC1. The van der Waals surface area contributed by atoms with Gasteiger partial charge in [0.15, 0.2) is 5.78 Å². The monoisotopic (exact) mass is 408 g/mol. The number of Topliss-reactive ketones (excluding diaryl/α,β-unsaturated/α-hetero) is 1. The van der Waals surface area contributed by atoms with Gasteiger partial charge < -0.3 is 4.57 Å². The Balaban J connectivity index is 1.31. The maximum atomic E-state index is 12.9. The molecule has 4 rings (SSSR count). The van der Waals surface area contributed by atoms with Gasteiger partial charge >= 0.3 is 0 Å². The predicted octanol–water partition coefficient (Wildman–Crippen LogP) is 6.27. The van der Waals surface area contributed by atoms with E-state index in [2.05, 4.69) is 40.7 Å². The van der Waals surface area contributed by atoms with Gasteiger partial charge in [0.25, 0.3) is 0 Å². The highest BCUT2D eigenvalue weighted by Crippen LogP contribution is 2.30. The quantitative estimate of drug-likeness (QED) is 0.449. The van der Waals surface area contributed by atoms with Gasteiger partial charge in [-0.3, -0.25) is 9.69 Å². The molecule has 0 saturated carbocycles. The summed E-state index contributed by atoms with van der Waals surface area (Å²) >= 11 is 6.16. The molecule has 0 amide bonds. The zero-order valence-electron chi connectivity index (χ0n) is 17.3. The Labute approximate surface area is 178 Å². The Morgan fingerprint density at radius 2 is 1.90 bits per heavy atom. The number of carbonyl (C=O) groups is 1. The summed E-state index contributed by atoms with van der Waals surface area (Å²) in [5.74, 6) is 0.910. The lowest BCUT2D eigenvalue weighted by Crippen LogP contribution is -2.35. The van der Waals surface area contributed by atoms with Gasteiger partial charge in [-0.25, -0.2) is 0 Å². The van der Waals surface area contributed by atoms with Crippen molar-refractivity contribution in [1.29, 1.82) is 0 Å². The molecule has 1 atom stereocenters. The lowest BCUT2D eigenvalue weighted by molar-refractivity contribution is 0.0953. The number of fused-ring (bicyclic) bond motifs is 1. The van der Waals surface area contributed by atoms with Crippen LogP contribution in [0.5, 0.6) is 0 Å². The Kier molecular flexibility index (Phi) is 6.07. The number of nitrogens with zero attached hydrogens (tertiary/aromatic N) is 2. The number of rotatable bonds is 6. The van der Waals surface area contributed by atoms with Crippen molar-refractivity contribution in [3.8, 4) is 0 Å². The number of ketones is 1. The number of likely N-dealkylation sites (tertiary alicyclic amines) is 1. The van der Waals surface area contributed by atoms with Crippen LogP contribution in [-0.4, -0.2) is 28.3 Å². The normalized spacial score (nSPS) is 16.9. The summed E-state index contributed by atoms with van der Waals surface area (Å²) in [7, 11) is 2.01. The van der Waals surface area contributed by atoms with Crippen molar-refractivity contribution in [1.82, 2.24) is 9.47 Å². The molecule has 1 unspecified atom stereocenters. The molecule has 0 radical (unpaired) electrons. The summed E-state index contributed by atoms with van der Waals surface area (Å²) in [6.07, 6.45) is 5.94. The summed E-state index contributed by atoms with van der Waals surface area (Å²) in [5.41, 5.74) is 3.27. The van der Waals surface area contributed by atoms with E-state index >= 15 is 0 Å². The van der Waals surface area contributed by atoms with Crippen molar-refractivity contribution >= 4 is 28.3 Å². The average molecular weight is 409 g/mol. The number of aromatic nitrogens is 1. The zero-order chi connectivity index (χ0) is 20.4. The lowest BCUT2D eigenvalue weighted by Gasteiger charge is -2.36. The molecular formula is C25H29ClN2O. The van der Waals surface area contributed by atoms with Crippen molar-refractivity contribution in [3.05, 3.63) is 70.9 Å². The van der Waals surface area contributed by atoms with Crippen LogP contribution in [0.3, 0.4) is 0 Å².